The quantitative estimate of drug-likeness (QED) is 0.592. The van der Waals surface area contributed by atoms with E-state index in [1.54, 1.807) is 19.9 Å². The van der Waals surface area contributed by atoms with Crippen molar-refractivity contribution in [1.29, 1.82) is 0 Å². The molecule has 0 atom stereocenters. The smallest absolute Gasteiger partial charge is 0.330 e. The van der Waals surface area contributed by atoms with Crippen molar-refractivity contribution in [1.82, 2.24) is 0 Å². The van der Waals surface area contributed by atoms with Crippen LogP contribution < -0.4 is 0 Å². The highest BCUT2D eigenvalue weighted by molar-refractivity contribution is 5.87. The third-order valence-electron chi connectivity index (χ3n) is 2.77. The number of benzene rings is 1. The predicted molar refractivity (Wildman–Crippen MR) is 69.8 cm³/mol. The van der Waals surface area contributed by atoms with E-state index < -0.39 is 11.4 Å². The Morgan fingerprint density at radius 3 is 2.39 bits per heavy atom. The van der Waals surface area contributed by atoms with E-state index in [1.165, 1.54) is 13.0 Å². The summed E-state index contributed by atoms with van der Waals surface area (Å²) in [6.45, 7) is 5.26. The molecule has 3 nitrogen and oxygen atoms in total. The molecule has 1 aromatic carbocycles. The summed E-state index contributed by atoms with van der Waals surface area (Å²) in [6, 6.07) is 9.45. The number of rotatable bonds is 5. The number of Topliss-reactive ketones (excluding diaryl/α,β-unsaturated/α-hetero) is 1. The highest BCUT2D eigenvalue weighted by atomic mass is 16.5. The normalized spacial score (nSPS) is 11.5. The molecule has 0 heterocycles. The first kappa shape index (κ1) is 14.2. The molecule has 0 fully saturated rings. The Hall–Kier alpha value is -1.90. The van der Waals surface area contributed by atoms with Gasteiger partial charge in [-0.15, -0.1) is 0 Å². The van der Waals surface area contributed by atoms with Crippen molar-refractivity contribution in [2.24, 2.45) is 5.41 Å². The van der Waals surface area contributed by atoms with Crippen molar-refractivity contribution in [2.45, 2.75) is 27.4 Å². The zero-order valence-corrected chi connectivity index (χ0v) is 11.0. The number of ether oxygens (including phenoxy) is 1. The SMILES string of the molecule is CC(=O)C(C)(C)/C=C/C(=O)OCc1ccccc1. The maximum atomic E-state index is 11.5. The maximum absolute atomic E-state index is 11.5. The Labute approximate surface area is 107 Å². The molecular formula is C15H18O3. The van der Waals surface area contributed by atoms with E-state index in [1.807, 2.05) is 30.3 Å². The van der Waals surface area contributed by atoms with E-state index >= 15 is 0 Å². The van der Waals surface area contributed by atoms with Crippen LogP contribution in [0.3, 0.4) is 0 Å². The number of esters is 1. The summed E-state index contributed by atoms with van der Waals surface area (Å²) in [7, 11) is 0. The van der Waals surface area contributed by atoms with E-state index in [2.05, 4.69) is 0 Å². The van der Waals surface area contributed by atoms with E-state index in [0.29, 0.717) is 0 Å². The van der Waals surface area contributed by atoms with E-state index in [-0.39, 0.29) is 12.4 Å². The summed E-state index contributed by atoms with van der Waals surface area (Å²) >= 11 is 0. The van der Waals surface area contributed by atoms with E-state index in [4.69, 9.17) is 4.74 Å². The van der Waals surface area contributed by atoms with Gasteiger partial charge in [-0.1, -0.05) is 36.4 Å². The Balaban J connectivity index is 2.48. The van der Waals surface area contributed by atoms with Crippen LogP contribution in [-0.4, -0.2) is 11.8 Å². The molecule has 0 saturated heterocycles. The molecular weight excluding hydrogens is 228 g/mol. The van der Waals surface area contributed by atoms with Crippen LogP contribution in [0.2, 0.25) is 0 Å². The lowest BCUT2D eigenvalue weighted by atomic mass is 9.89. The van der Waals surface area contributed by atoms with Gasteiger partial charge in [-0.3, -0.25) is 4.79 Å². The summed E-state index contributed by atoms with van der Waals surface area (Å²) < 4.78 is 5.07. The molecule has 18 heavy (non-hydrogen) atoms. The maximum Gasteiger partial charge on any atom is 0.330 e. The fraction of sp³-hybridized carbons (Fsp3) is 0.333. The monoisotopic (exact) mass is 246 g/mol. The van der Waals surface area contributed by atoms with Gasteiger partial charge in [0, 0.05) is 11.5 Å². The molecule has 0 unspecified atom stereocenters. The van der Waals surface area contributed by atoms with Gasteiger partial charge in [-0.2, -0.15) is 0 Å². The van der Waals surface area contributed by atoms with Crippen LogP contribution in [0.1, 0.15) is 26.3 Å². The van der Waals surface area contributed by atoms with Gasteiger partial charge in [0.1, 0.15) is 12.4 Å². The second-order valence-corrected chi connectivity index (χ2v) is 4.70. The largest absolute Gasteiger partial charge is 0.458 e. The highest BCUT2D eigenvalue weighted by Crippen LogP contribution is 2.17. The second kappa shape index (κ2) is 6.15. The Bertz CT molecular complexity index is 444. The average molecular weight is 246 g/mol. The number of carbonyl (C=O) groups is 2. The van der Waals surface area contributed by atoms with Gasteiger partial charge in [0.15, 0.2) is 0 Å². The number of allylic oxidation sites excluding steroid dienone is 1. The van der Waals surface area contributed by atoms with Crippen molar-refractivity contribution in [2.75, 3.05) is 0 Å². The summed E-state index contributed by atoms with van der Waals surface area (Å²) in [4.78, 5) is 22.7. The minimum atomic E-state index is -0.633. The van der Waals surface area contributed by atoms with Crippen LogP contribution in [0.15, 0.2) is 42.5 Å². The van der Waals surface area contributed by atoms with Crippen LogP contribution in [0.25, 0.3) is 0 Å². The van der Waals surface area contributed by atoms with E-state index in [9.17, 15) is 9.59 Å². The van der Waals surface area contributed by atoms with E-state index in [0.717, 1.165) is 5.56 Å². The van der Waals surface area contributed by atoms with Crippen LogP contribution >= 0.6 is 0 Å². The molecule has 3 heteroatoms. The molecule has 0 spiro atoms. The molecule has 0 aromatic heterocycles. The molecule has 0 aliphatic rings. The number of hydrogen-bond donors (Lipinski definition) is 0. The van der Waals surface area contributed by atoms with Crippen molar-refractivity contribution in [3.8, 4) is 0 Å². The molecule has 0 amide bonds. The summed E-state index contributed by atoms with van der Waals surface area (Å²) in [5.41, 5.74) is 0.302. The zero-order chi connectivity index (χ0) is 13.6. The average Bonchev–Trinajstić information content (AvgIpc) is 2.35. The minimum absolute atomic E-state index is 0.00890. The topological polar surface area (TPSA) is 43.4 Å². The third-order valence-corrected chi connectivity index (χ3v) is 2.77. The lowest BCUT2D eigenvalue weighted by Crippen LogP contribution is -2.18. The first-order valence-electron chi connectivity index (χ1n) is 5.83. The van der Waals surface area contributed by atoms with Crippen molar-refractivity contribution >= 4 is 11.8 Å². The zero-order valence-electron chi connectivity index (χ0n) is 11.0. The summed E-state index contributed by atoms with van der Waals surface area (Å²) in [6.07, 6.45) is 2.88. The van der Waals surface area contributed by atoms with Crippen molar-refractivity contribution in [3.63, 3.8) is 0 Å². The molecule has 0 saturated carbocycles. The van der Waals surface area contributed by atoms with Gasteiger partial charge in [0.05, 0.1) is 0 Å². The first-order chi connectivity index (χ1) is 8.42. The third kappa shape index (κ3) is 4.53. The summed E-state index contributed by atoms with van der Waals surface area (Å²) in [5, 5.41) is 0. The Kier molecular flexibility index (Phi) is 4.84. The lowest BCUT2D eigenvalue weighted by molar-refractivity contribution is -0.139. The van der Waals surface area contributed by atoms with Gasteiger partial charge < -0.3 is 4.74 Å². The highest BCUT2D eigenvalue weighted by Gasteiger charge is 2.19. The van der Waals surface area contributed by atoms with Crippen LogP contribution in [0.5, 0.6) is 0 Å². The van der Waals surface area contributed by atoms with Crippen LogP contribution in [0, 0.1) is 5.41 Å². The molecule has 1 aromatic rings. The molecule has 96 valence electrons. The van der Waals surface area contributed by atoms with Crippen molar-refractivity contribution < 1.29 is 14.3 Å². The fourth-order valence-electron chi connectivity index (χ4n) is 1.17. The lowest BCUT2D eigenvalue weighted by Gasteiger charge is -2.14. The molecule has 0 radical (unpaired) electrons. The van der Waals surface area contributed by atoms with Gasteiger partial charge in [0.25, 0.3) is 0 Å². The van der Waals surface area contributed by atoms with Gasteiger partial charge in [-0.25, -0.2) is 4.79 Å². The number of hydrogen-bond acceptors (Lipinski definition) is 3. The summed E-state index contributed by atoms with van der Waals surface area (Å²) in [5.74, 6) is -0.428. The van der Waals surface area contributed by atoms with Gasteiger partial charge in [0.2, 0.25) is 0 Å². The standard InChI is InChI=1S/C15H18O3/c1-12(16)15(2,3)10-9-14(17)18-11-13-7-5-4-6-8-13/h4-10H,11H2,1-3H3/b10-9+. The Morgan fingerprint density at radius 1 is 1.22 bits per heavy atom. The molecule has 1 rings (SSSR count). The fourth-order valence-corrected chi connectivity index (χ4v) is 1.17. The Morgan fingerprint density at radius 2 is 1.83 bits per heavy atom. The van der Waals surface area contributed by atoms with Gasteiger partial charge in [-0.05, 0) is 26.3 Å². The predicted octanol–water partition coefficient (Wildman–Crippen LogP) is 2.90. The molecule has 0 aliphatic carbocycles. The molecule has 0 bridgehead atoms. The first-order valence-corrected chi connectivity index (χ1v) is 5.83. The van der Waals surface area contributed by atoms with Crippen LogP contribution in [-0.2, 0) is 20.9 Å². The van der Waals surface area contributed by atoms with Crippen molar-refractivity contribution in [3.05, 3.63) is 48.0 Å². The second-order valence-electron chi connectivity index (χ2n) is 4.70. The molecule has 0 aliphatic heterocycles. The molecule has 0 N–H and O–H groups in total. The van der Waals surface area contributed by atoms with Gasteiger partial charge >= 0.3 is 5.97 Å². The minimum Gasteiger partial charge on any atom is -0.458 e. The number of ketones is 1. The van der Waals surface area contributed by atoms with Crippen LogP contribution in [0.4, 0.5) is 0 Å². The number of carbonyl (C=O) groups excluding carboxylic acids is 2.